The van der Waals surface area contributed by atoms with Gasteiger partial charge in [0.15, 0.2) is 0 Å². The van der Waals surface area contributed by atoms with Crippen LogP contribution in [0.3, 0.4) is 0 Å². The molecule has 21 heavy (non-hydrogen) atoms. The average molecular weight is 309 g/mol. The van der Waals surface area contributed by atoms with E-state index in [4.69, 9.17) is 16.1 Å². The monoisotopic (exact) mass is 309 g/mol. The minimum Gasteiger partial charge on any atom is -0.398 e. The number of hydrogen-bond donors (Lipinski definition) is 2. The van der Waals surface area contributed by atoms with E-state index < -0.39 is 10.0 Å². The highest BCUT2D eigenvalue weighted by atomic mass is 32.2. The number of nitrogens with two attached hydrogens (primary N) is 1. The molecule has 1 unspecified atom stereocenters. The molecular formula is C14H19N3O3S. The maximum Gasteiger partial charge on any atom is 0.245 e. The number of aliphatic hydroxyl groups is 1. The Labute approximate surface area is 124 Å². The number of nitrogens with zero attached hydrogens (tertiary/aromatic N) is 2. The highest BCUT2D eigenvalue weighted by Crippen LogP contribution is 2.31. The van der Waals surface area contributed by atoms with Crippen LogP contribution >= 0.6 is 0 Å². The van der Waals surface area contributed by atoms with Crippen LogP contribution in [0.4, 0.5) is 5.69 Å². The van der Waals surface area contributed by atoms with Gasteiger partial charge in [-0.15, -0.1) is 0 Å². The molecule has 0 saturated carbocycles. The largest absolute Gasteiger partial charge is 0.398 e. The number of rotatable bonds is 5. The average Bonchev–Trinajstić information content (AvgIpc) is 2.93. The summed E-state index contributed by atoms with van der Waals surface area (Å²) >= 11 is 0. The fraction of sp³-hybridized carbons (Fsp3) is 0.500. The summed E-state index contributed by atoms with van der Waals surface area (Å²) in [6.45, 7) is 0.529. The summed E-state index contributed by atoms with van der Waals surface area (Å²) < 4.78 is 26.9. The van der Waals surface area contributed by atoms with E-state index in [0.717, 1.165) is 12.8 Å². The van der Waals surface area contributed by atoms with Gasteiger partial charge in [-0.1, -0.05) is 0 Å². The normalized spacial score (nSPS) is 19.5. The topological polar surface area (TPSA) is 107 Å². The summed E-state index contributed by atoms with van der Waals surface area (Å²) in [5, 5.41) is 17.7. The van der Waals surface area contributed by atoms with Crippen LogP contribution in [0.2, 0.25) is 0 Å². The highest BCUT2D eigenvalue weighted by Gasteiger charge is 2.35. The molecule has 0 amide bonds. The third-order valence-corrected chi connectivity index (χ3v) is 5.77. The van der Waals surface area contributed by atoms with Crippen LogP contribution in [-0.2, 0) is 10.0 Å². The predicted octanol–water partition coefficient (Wildman–Crippen LogP) is 1.07. The molecule has 0 bridgehead atoms. The molecule has 0 aromatic heterocycles. The van der Waals surface area contributed by atoms with Crippen molar-refractivity contribution in [1.82, 2.24) is 4.31 Å². The van der Waals surface area contributed by atoms with E-state index >= 15 is 0 Å². The van der Waals surface area contributed by atoms with E-state index in [1.165, 1.54) is 22.5 Å². The van der Waals surface area contributed by atoms with Crippen molar-refractivity contribution in [2.45, 2.75) is 36.6 Å². The van der Waals surface area contributed by atoms with Gasteiger partial charge in [0.05, 0.1) is 17.3 Å². The molecule has 1 saturated heterocycles. The molecule has 1 aliphatic rings. The first-order valence-electron chi connectivity index (χ1n) is 6.93. The van der Waals surface area contributed by atoms with E-state index in [0.29, 0.717) is 24.9 Å². The Bertz CT molecular complexity index is 652. The number of aliphatic hydroxyl groups excluding tert-OH is 1. The molecule has 1 aliphatic heterocycles. The first-order valence-corrected chi connectivity index (χ1v) is 8.37. The smallest absolute Gasteiger partial charge is 0.245 e. The van der Waals surface area contributed by atoms with Crippen molar-refractivity contribution in [3.8, 4) is 6.07 Å². The Kier molecular flexibility index (Phi) is 4.83. The first kappa shape index (κ1) is 15.8. The summed E-state index contributed by atoms with van der Waals surface area (Å²) in [5.41, 5.74) is 6.24. The number of benzene rings is 1. The summed E-state index contributed by atoms with van der Waals surface area (Å²) in [5.74, 6) is 0. The Morgan fingerprint density at radius 3 is 2.86 bits per heavy atom. The van der Waals surface area contributed by atoms with E-state index in [9.17, 15) is 8.42 Å². The minimum atomic E-state index is -3.66. The van der Waals surface area contributed by atoms with Gasteiger partial charge in [-0.2, -0.15) is 9.57 Å². The van der Waals surface area contributed by atoms with Gasteiger partial charge >= 0.3 is 0 Å². The third-order valence-electron chi connectivity index (χ3n) is 3.74. The van der Waals surface area contributed by atoms with Crippen LogP contribution in [0.5, 0.6) is 0 Å². The third kappa shape index (κ3) is 3.18. The SMILES string of the molecule is N#Cc1ccc(S(=O)(=O)N2CCCC2CCCO)c(N)c1. The summed E-state index contributed by atoms with van der Waals surface area (Å²) in [7, 11) is -3.66. The van der Waals surface area contributed by atoms with Gasteiger partial charge in [-0.25, -0.2) is 8.42 Å². The van der Waals surface area contributed by atoms with Crippen LogP contribution in [0.15, 0.2) is 23.1 Å². The fourth-order valence-corrected chi connectivity index (χ4v) is 4.54. The summed E-state index contributed by atoms with van der Waals surface area (Å²) in [6, 6.07) is 6.09. The van der Waals surface area contributed by atoms with Crippen molar-refractivity contribution >= 4 is 15.7 Å². The van der Waals surface area contributed by atoms with Crippen LogP contribution < -0.4 is 5.73 Å². The fourth-order valence-electron chi connectivity index (χ4n) is 2.72. The Morgan fingerprint density at radius 1 is 1.48 bits per heavy atom. The number of hydrogen-bond acceptors (Lipinski definition) is 5. The molecule has 1 heterocycles. The quantitative estimate of drug-likeness (QED) is 0.791. The maximum atomic E-state index is 12.7. The molecule has 1 aromatic rings. The Morgan fingerprint density at radius 2 is 2.24 bits per heavy atom. The molecular weight excluding hydrogens is 290 g/mol. The van der Waals surface area contributed by atoms with Gasteiger partial charge in [0.1, 0.15) is 4.90 Å². The van der Waals surface area contributed by atoms with Gasteiger partial charge < -0.3 is 10.8 Å². The van der Waals surface area contributed by atoms with Crippen molar-refractivity contribution in [1.29, 1.82) is 5.26 Å². The van der Waals surface area contributed by atoms with Crippen molar-refractivity contribution in [3.63, 3.8) is 0 Å². The molecule has 2 rings (SSSR count). The lowest BCUT2D eigenvalue weighted by molar-refractivity contribution is 0.264. The van der Waals surface area contributed by atoms with Gasteiger partial charge in [-0.05, 0) is 43.9 Å². The van der Waals surface area contributed by atoms with Crippen molar-refractivity contribution in [3.05, 3.63) is 23.8 Å². The molecule has 1 fully saturated rings. The van der Waals surface area contributed by atoms with Crippen LogP contribution in [0, 0.1) is 11.3 Å². The molecule has 0 radical (unpaired) electrons. The van der Waals surface area contributed by atoms with E-state index in [2.05, 4.69) is 0 Å². The molecule has 0 spiro atoms. The standard InChI is InChI=1S/C14H19N3O3S/c15-10-11-5-6-14(13(16)9-11)21(19,20)17-7-1-3-12(17)4-2-8-18/h5-6,9,12,18H,1-4,7-8,16H2. The predicted molar refractivity (Wildman–Crippen MR) is 78.8 cm³/mol. The second-order valence-corrected chi connectivity index (χ2v) is 7.00. The zero-order chi connectivity index (χ0) is 15.5. The van der Waals surface area contributed by atoms with Gasteiger partial charge in [0, 0.05) is 19.2 Å². The molecule has 1 atom stereocenters. The summed E-state index contributed by atoms with van der Waals surface area (Å²) in [6.07, 6.45) is 2.84. The summed E-state index contributed by atoms with van der Waals surface area (Å²) in [4.78, 5) is 0.0531. The molecule has 1 aromatic carbocycles. The van der Waals surface area contributed by atoms with Crippen molar-refractivity contribution < 1.29 is 13.5 Å². The van der Waals surface area contributed by atoms with E-state index in [1.807, 2.05) is 6.07 Å². The maximum absolute atomic E-state index is 12.7. The zero-order valence-corrected chi connectivity index (χ0v) is 12.5. The molecule has 3 N–H and O–H groups in total. The van der Waals surface area contributed by atoms with Crippen molar-refractivity contribution in [2.75, 3.05) is 18.9 Å². The minimum absolute atomic E-state index is 0.0531. The lowest BCUT2D eigenvalue weighted by Crippen LogP contribution is -2.36. The van der Waals surface area contributed by atoms with Crippen LogP contribution in [0.1, 0.15) is 31.2 Å². The van der Waals surface area contributed by atoms with Crippen molar-refractivity contribution in [2.24, 2.45) is 0 Å². The van der Waals surface area contributed by atoms with Crippen LogP contribution in [-0.4, -0.2) is 37.0 Å². The highest BCUT2D eigenvalue weighted by molar-refractivity contribution is 7.89. The van der Waals surface area contributed by atoms with Crippen LogP contribution in [0.25, 0.3) is 0 Å². The lowest BCUT2D eigenvalue weighted by Gasteiger charge is -2.24. The van der Waals surface area contributed by atoms with Gasteiger partial charge in [-0.3, -0.25) is 0 Å². The second-order valence-electron chi connectivity index (χ2n) is 5.14. The number of sulfonamides is 1. The Balaban J connectivity index is 2.31. The molecule has 6 nitrogen and oxygen atoms in total. The molecule has 7 heteroatoms. The number of nitrogen functional groups attached to an aromatic ring is 1. The Hall–Kier alpha value is -1.62. The number of anilines is 1. The zero-order valence-electron chi connectivity index (χ0n) is 11.7. The first-order chi connectivity index (χ1) is 10.0. The van der Waals surface area contributed by atoms with E-state index in [-0.39, 0.29) is 23.2 Å². The number of nitriles is 1. The molecule has 0 aliphatic carbocycles. The lowest BCUT2D eigenvalue weighted by atomic mass is 10.1. The van der Waals surface area contributed by atoms with Gasteiger partial charge in [0.2, 0.25) is 10.0 Å². The van der Waals surface area contributed by atoms with Gasteiger partial charge in [0.25, 0.3) is 0 Å². The molecule has 114 valence electrons. The van der Waals surface area contributed by atoms with E-state index in [1.54, 1.807) is 0 Å². The second kappa shape index (κ2) is 6.43.